The summed E-state index contributed by atoms with van der Waals surface area (Å²) in [6.45, 7) is 2.23. The molecule has 0 radical (unpaired) electrons. The van der Waals surface area contributed by atoms with Gasteiger partial charge in [-0.15, -0.1) is 0 Å². The Labute approximate surface area is 115 Å². The first-order chi connectivity index (χ1) is 9.19. The standard InChI is InChI=1S/C17H24O2/c1-2-13-5-4-10-17(18,12-13)14-6-3-7-16(11-14)19-15-8-9-15/h3,6-7,11,13,15,18H,2,4-5,8-10,12H2,1H3. The Kier molecular flexibility index (Phi) is 3.53. The zero-order chi connectivity index (χ0) is 13.3. The highest BCUT2D eigenvalue weighted by molar-refractivity contribution is 5.33. The summed E-state index contributed by atoms with van der Waals surface area (Å²) in [5.41, 5.74) is 0.408. The number of hydrogen-bond donors (Lipinski definition) is 1. The third-order valence-corrected chi connectivity index (χ3v) is 4.60. The molecule has 0 aromatic heterocycles. The van der Waals surface area contributed by atoms with Gasteiger partial charge in [-0.2, -0.15) is 0 Å². The molecular weight excluding hydrogens is 236 g/mol. The fourth-order valence-electron chi connectivity index (χ4n) is 3.21. The summed E-state index contributed by atoms with van der Waals surface area (Å²) >= 11 is 0. The molecule has 104 valence electrons. The quantitative estimate of drug-likeness (QED) is 0.886. The number of benzene rings is 1. The monoisotopic (exact) mass is 260 g/mol. The lowest BCUT2D eigenvalue weighted by Gasteiger charge is -2.37. The minimum Gasteiger partial charge on any atom is -0.490 e. The van der Waals surface area contributed by atoms with E-state index in [0.717, 1.165) is 30.6 Å². The van der Waals surface area contributed by atoms with Gasteiger partial charge in [-0.05, 0) is 55.7 Å². The third-order valence-electron chi connectivity index (χ3n) is 4.60. The molecule has 2 saturated carbocycles. The minimum atomic E-state index is -0.637. The number of rotatable bonds is 4. The van der Waals surface area contributed by atoms with Crippen LogP contribution >= 0.6 is 0 Å². The van der Waals surface area contributed by atoms with E-state index in [0.29, 0.717) is 12.0 Å². The minimum absolute atomic E-state index is 0.416. The zero-order valence-corrected chi connectivity index (χ0v) is 11.8. The third kappa shape index (κ3) is 2.94. The van der Waals surface area contributed by atoms with Crippen LogP contribution in [-0.4, -0.2) is 11.2 Å². The second-order valence-corrected chi connectivity index (χ2v) is 6.25. The van der Waals surface area contributed by atoms with Gasteiger partial charge in [-0.3, -0.25) is 0 Å². The molecule has 0 aliphatic heterocycles. The van der Waals surface area contributed by atoms with Gasteiger partial charge in [0.15, 0.2) is 0 Å². The van der Waals surface area contributed by atoms with Crippen LogP contribution in [0.15, 0.2) is 24.3 Å². The molecule has 0 amide bonds. The van der Waals surface area contributed by atoms with Crippen molar-refractivity contribution >= 4 is 0 Å². The van der Waals surface area contributed by atoms with E-state index in [-0.39, 0.29) is 0 Å². The number of hydrogen-bond acceptors (Lipinski definition) is 2. The SMILES string of the molecule is CCC1CCCC(O)(c2cccc(OC3CC3)c2)C1. The maximum absolute atomic E-state index is 11.0. The van der Waals surface area contributed by atoms with Crippen molar-refractivity contribution in [3.63, 3.8) is 0 Å². The van der Waals surface area contributed by atoms with E-state index in [1.165, 1.54) is 25.7 Å². The van der Waals surface area contributed by atoms with Crippen LogP contribution in [0.5, 0.6) is 5.75 Å². The van der Waals surface area contributed by atoms with E-state index in [1.54, 1.807) is 0 Å². The van der Waals surface area contributed by atoms with Crippen molar-refractivity contribution in [2.75, 3.05) is 0 Å². The van der Waals surface area contributed by atoms with Crippen LogP contribution in [0.2, 0.25) is 0 Å². The number of ether oxygens (including phenoxy) is 1. The molecule has 2 aliphatic rings. The zero-order valence-electron chi connectivity index (χ0n) is 11.8. The summed E-state index contributed by atoms with van der Waals surface area (Å²) in [5, 5.41) is 11.0. The molecule has 1 aromatic rings. The second-order valence-electron chi connectivity index (χ2n) is 6.25. The molecule has 0 spiro atoms. The van der Waals surface area contributed by atoms with E-state index >= 15 is 0 Å². The van der Waals surface area contributed by atoms with Crippen molar-refractivity contribution < 1.29 is 9.84 Å². The Morgan fingerprint density at radius 2 is 2.16 bits per heavy atom. The summed E-state index contributed by atoms with van der Waals surface area (Å²) in [7, 11) is 0. The van der Waals surface area contributed by atoms with Crippen molar-refractivity contribution in [2.45, 2.75) is 63.6 Å². The van der Waals surface area contributed by atoms with Crippen molar-refractivity contribution in [1.29, 1.82) is 0 Å². The van der Waals surface area contributed by atoms with Gasteiger partial charge in [-0.1, -0.05) is 31.9 Å². The van der Waals surface area contributed by atoms with Gasteiger partial charge in [0.1, 0.15) is 5.75 Å². The fraction of sp³-hybridized carbons (Fsp3) is 0.647. The smallest absolute Gasteiger partial charge is 0.120 e. The van der Waals surface area contributed by atoms with Crippen LogP contribution in [0.3, 0.4) is 0 Å². The summed E-state index contributed by atoms with van der Waals surface area (Å²) in [4.78, 5) is 0. The van der Waals surface area contributed by atoms with Crippen molar-refractivity contribution in [3.05, 3.63) is 29.8 Å². The molecule has 2 atom stereocenters. The molecule has 0 bridgehead atoms. The van der Waals surface area contributed by atoms with Crippen LogP contribution < -0.4 is 4.74 Å². The second kappa shape index (κ2) is 5.16. The van der Waals surface area contributed by atoms with Gasteiger partial charge < -0.3 is 9.84 Å². The van der Waals surface area contributed by atoms with Gasteiger partial charge in [0.25, 0.3) is 0 Å². The highest BCUT2D eigenvalue weighted by Gasteiger charge is 2.35. The molecule has 2 heteroatoms. The largest absolute Gasteiger partial charge is 0.490 e. The molecule has 2 fully saturated rings. The van der Waals surface area contributed by atoms with E-state index in [9.17, 15) is 5.11 Å². The molecule has 2 unspecified atom stereocenters. The Hall–Kier alpha value is -1.02. The first-order valence-corrected chi connectivity index (χ1v) is 7.69. The Morgan fingerprint density at radius 3 is 2.89 bits per heavy atom. The molecule has 0 saturated heterocycles. The van der Waals surface area contributed by atoms with Gasteiger partial charge in [-0.25, -0.2) is 0 Å². The molecule has 2 aliphatic carbocycles. The van der Waals surface area contributed by atoms with Gasteiger partial charge in [0, 0.05) is 0 Å². The molecular formula is C17H24O2. The molecule has 3 rings (SSSR count). The maximum Gasteiger partial charge on any atom is 0.120 e. The summed E-state index contributed by atoms with van der Waals surface area (Å²) < 4.78 is 5.84. The first-order valence-electron chi connectivity index (χ1n) is 7.69. The molecule has 0 heterocycles. The predicted molar refractivity (Wildman–Crippen MR) is 76.2 cm³/mol. The molecule has 1 aromatic carbocycles. The Morgan fingerprint density at radius 1 is 1.32 bits per heavy atom. The van der Waals surface area contributed by atoms with Crippen LogP contribution in [0, 0.1) is 5.92 Å². The van der Waals surface area contributed by atoms with E-state index in [1.807, 2.05) is 12.1 Å². The average Bonchev–Trinajstić information content (AvgIpc) is 3.23. The maximum atomic E-state index is 11.0. The van der Waals surface area contributed by atoms with Crippen LogP contribution in [-0.2, 0) is 5.60 Å². The lowest BCUT2D eigenvalue weighted by atomic mass is 9.73. The topological polar surface area (TPSA) is 29.5 Å². The first kappa shape index (κ1) is 13.0. The molecule has 1 N–H and O–H groups in total. The van der Waals surface area contributed by atoms with Crippen molar-refractivity contribution in [3.8, 4) is 5.75 Å². The normalized spacial score (nSPS) is 31.2. The average molecular weight is 260 g/mol. The summed E-state index contributed by atoms with van der Waals surface area (Å²) in [6, 6.07) is 8.13. The predicted octanol–water partition coefficient (Wildman–Crippen LogP) is 4.02. The number of aliphatic hydroxyl groups is 1. The van der Waals surface area contributed by atoms with Gasteiger partial charge in [0.05, 0.1) is 11.7 Å². The summed E-state index contributed by atoms with van der Waals surface area (Å²) in [5.74, 6) is 1.58. The van der Waals surface area contributed by atoms with Crippen molar-refractivity contribution in [1.82, 2.24) is 0 Å². The van der Waals surface area contributed by atoms with E-state index in [4.69, 9.17) is 4.74 Å². The Balaban J connectivity index is 1.78. The van der Waals surface area contributed by atoms with E-state index < -0.39 is 5.60 Å². The lowest BCUT2D eigenvalue weighted by Crippen LogP contribution is -2.32. The fourth-order valence-corrected chi connectivity index (χ4v) is 3.21. The lowest BCUT2D eigenvalue weighted by molar-refractivity contribution is -0.0219. The van der Waals surface area contributed by atoms with Crippen LogP contribution in [0.25, 0.3) is 0 Å². The summed E-state index contributed by atoms with van der Waals surface area (Å²) in [6.07, 6.45) is 8.10. The van der Waals surface area contributed by atoms with Gasteiger partial charge in [0.2, 0.25) is 0 Å². The highest BCUT2D eigenvalue weighted by atomic mass is 16.5. The molecule has 2 nitrogen and oxygen atoms in total. The van der Waals surface area contributed by atoms with Crippen LogP contribution in [0.4, 0.5) is 0 Å². The Bertz CT molecular complexity index is 439. The van der Waals surface area contributed by atoms with E-state index in [2.05, 4.69) is 19.1 Å². The highest BCUT2D eigenvalue weighted by Crippen LogP contribution is 2.42. The van der Waals surface area contributed by atoms with Crippen molar-refractivity contribution in [2.24, 2.45) is 5.92 Å². The van der Waals surface area contributed by atoms with Crippen LogP contribution in [0.1, 0.15) is 57.4 Å². The molecule has 19 heavy (non-hydrogen) atoms. The van der Waals surface area contributed by atoms with Gasteiger partial charge >= 0.3 is 0 Å².